The van der Waals surface area contributed by atoms with E-state index in [4.69, 9.17) is 28.7 Å². The van der Waals surface area contributed by atoms with E-state index in [1.54, 1.807) is 30.3 Å². The summed E-state index contributed by atoms with van der Waals surface area (Å²) in [6.45, 7) is 10.8. The van der Waals surface area contributed by atoms with Crippen LogP contribution in [0.3, 0.4) is 0 Å². The molecule has 17 N–H and O–H groups in total. The highest BCUT2D eigenvalue weighted by Gasteiger charge is 2.36. The largest absolute Gasteiger partial charge is 0.369 e. The number of hydrogen-bond donors (Lipinski definition) is 12. The number of halogens is 1. The molecule has 0 fully saturated rings. The summed E-state index contributed by atoms with van der Waals surface area (Å²) in [5.74, 6) is -6.77. The van der Waals surface area contributed by atoms with Crippen molar-refractivity contribution in [3.05, 3.63) is 102 Å². The predicted molar refractivity (Wildman–Crippen MR) is 333 cm³/mol. The number of primary amides is 1. The summed E-state index contributed by atoms with van der Waals surface area (Å²) in [6, 6.07) is 12.9. The molecule has 0 saturated carbocycles. The van der Waals surface area contributed by atoms with Gasteiger partial charge in [-0.15, -0.1) is 0 Å². The molecule has 0 aliphatic heterocycles. The molecule has 484 valence electrons. The molecule has 3 aromatic rings. The van der Waals surface area contributed by atoms with Crippen LogP contribution in [0.1, 0.15) is 130 Å². The minimum atomic E-state index is -4.49. The maximum absolute atomic E-state index is 14.6. The lowest BCUT2D eigenvalue weighted by atomic mass is 9.98. The van der Waals surface area contributed by atoms with Gasteiger partial charge in [-0.1, -0.05) is 102 Å². The number of rotatable bonds is 42. The van der Waals surface area contributed by atoms with Crippen molar-refractivity contribution in [3.63, 3.8) is 0 Å². The molecule has 0 aromatic heterocycles. The zero-order valence-electron chi connectivity index (χ0n) is 51.6. The fourth-order valence-electron chi connectivity index (χ4n) is 9.78. The van der Waals surface area contributed by atoms with Crippen molar-refractivity contribution in [2.45, 2.75) is 185 Å². The molecule has 87 heavy (non-hydrogen) atoms. The van der Waals surface area contributed by atoms with Gasteiger partial charge in [-0.05, 0) is 163 Å². The van der Waals surface area contributed by atoms with Crippen molar-refractivity contribution >= 4 is 57.3 Å². The molecule has 0 aliphatic rings. The molecule has 0 bridgehead atoms. The van der Waals surface area contributed by atoms with Crippen LogP contribution in [0.5, 0.6) is 0 Å². The summed E-state index contributed by atoms with van der Waals surface area (Å²) in [4.78, 5) is 112. The van der Waals surface area contributed by atoms with Crippen LogP contribution in [0.15, 0.2) is 89.8 Å². The van der Waals surface area contributed by atoms with Crippen LogP contribution in [0, 0.1) is 23.6 Å². The van der Waals surface area contributed by atoms with Crippen molar-refractivity contribution < 1.29 is 51.2 Å². The molecule has 0 saturated heterocycles. The minimum Gasteiger partial charge on any atom is -0.369 e. The van der Waals surface area contributed by atoms with E-state index in [0.29, 0.717) is 50.6 Å². The van der Waals surface area contributed by atoms with Gasteiger partial charge in [-0.25, -0.2) is 12.8 Å². The summed E-state index contributed by atoms with van der Waals surface area (Å²) in [7, 11) is -4.49. The van der Waals surface area contributed by atoms with Crippen LogP contribution in [0.4, 0.5) is 4.39 Å². The van der Waals surface area contributed by atoms with Crippen molar-refractivity contribution in [2.24, 2.45) is 46.4 Å². The maximum atomic E-state index is 14.6. The third-order valence-corrected chi connectivity index (χ3v) is 16.1. The van der Waals surface area contributed by atoms with Gasteiger partial charge in [0.2, 0.25) is 57.3 Å². The lowest BCUT2D eigenvalue weighted by Crippen LogP contribution is -2.60. The molecule has 0 aliphatic carbocycles. The van der Waals surface area contributed by atoms with Crippen LogP contribution in [0.25, 0.3) is 0 Å². The predicted octanol–water partition coefficient (Wildman–Crippen LogP) is 2.03. The van der Waals surface area contributed by atoms with Gasteiger partial charge in [0, 0.05) is 12.6 Å². The first-order valence-corrected chi connectivity index (χ1v) is 31.8. The highest BCUT2D eigenvalue weighted by Crippen LogP contribution is 2.19. The van der Waals surface area contributed by atoms with Crippen LogP contribution in [-0.2, 0) is 61.2 Å². The normalized spacial score (nSPS) is 14.4. The highest BCUT2D eigenvalue weighted by molar-refractivity contribution is 7.89. The van der Waals surface area contributed by atoms with Crippen LogP contribution in [0.2, 0.25) is 0 Å². The van der Waals surface area contributed by atoms with Gasteiger partial charge in [-0.3, -0.25) is 38.4 Å². The summed E-state index contributed by atoms with van der Waals surface area (Å²) in [6.07, 6.45) is 3.68. The molecule has 0 heterocycles. The second-order valence-electron chi connectivity index (χ2n) is 23.5. The average Bonchev–Trinajstić information content (AvgIpc) is 1.91. The van der Waals surface area contributed by atoms with Gasteiger partial charge < -0.3 is 65.9 Å². The highest BCUT2D eigenvalue weighted by atomic mass is 32.2. The zero-order valence-corrected chi connectivity index (χ0v) is 52.4. The molecule has 0 unspecified atom stereocenters. The summed E-state index contributed by atoms with van der Waals surface area (Å²) < 4.78 is 42.7. The Labute approximate surface area is 513 Å². The van der Waals surface area contributed by atoms with Gasteiger partial charge >= 0.3 is 0 Å². The van der Waals surface area contributed by atoms with E-state index in [9.17, 15) is 51.2 Å². The van der Waals surface area contributed by atoms with E-state index in [1.165, 1.54) is 0 Å². The van der Waals surface area contributed by atoms with Crippen molar-refractivity contribution in [2.75, 3.05) is 32.7 Å². The van der Waals surface area contributed by atoms with Crippen LogP contribution >= 0.6 is 0 Å². The third kappa shape index (κ3) is 27.8. The number of nitrogens with one attached hydrogen (secondary N) is 7. The number of nitrogens with zero attached hydrogens (tertiary/aromatic N) is 1. The number of benzene rings is 3. The fraction of sp³-hybridized carbons (Fsp3) is 0.581. The minimum absolute atomic E-state index is 0.0474. The Kier molecular flexibility index (Phi) is 33.4. The molecule has 8 atom stereocenters. The molecular weight excluding hydrogens is 1140 g/mol. The summed E-state index contributed by atoms with van der Waals surface area (Å²) in [5, 5.41) is 19.8. The Balaban J connectivity index is 1.93. The molecule has 3 rings (SSSR count). The van der Waals surface area contributed by atoms with E-state index in [2.05, 4.69) is 37.2 Å². The van der Waals surface area contributed by atoms with Gasteiger partial charge in [0.05, 0.1) is 17.5 Å². The average molecular weight is 1240 g/mol. The molecule has 23 nitrogen and oxygen atoms in total. The third-order valence-electron chi connectivity index (χ3n) is 14.3. The maximum Gasteiger partial charge on any atom is 0.243 e. The lowest BCUT2D eigenvalue weighted by Gasteiger charge is -2.30. The van der Waals surface area contributed by atoms with Crippen molar-refractivity contribution in [1.29, 1.82) is 0 Å². The SMILES string of the molecule is CC(C)C[C@H](NC(=O)[C@H](CC(C)C)NC(=O)[C@H](CCCCN)NC(=O)[C@H](CC(C)C)NC(=O)[C@@H](N)Cc1ccccc1)C(=O)N[C@@H](CCCCN)C(=O)N[C@@H](CCCCN)C(=O)N[C@@H](Cc1ccccc1)CN(CC(N)=O)S(=O)(=O)c1ccc(F)cc1. The smallest absolute Gasteiger partial charge is 0.243 e. The number of nitrogens with two attached hydrogens (primary N) is 5. The number of hydrogen-bond acceptors (Lipinski definition) is 14. The standard InChI is InChI=1S/C62H98FN13O10S/c1-40(2)33-52(73-56(78)48(67)37-44-21-11-8-12-22-44)60(82)72-51(25-15-18-32-66)59(81)74-54(35-42(5)6)62(84)75-53(34-41(3)4)61(83)71-50(24-14-17-31-65)58(80)70-49(23-13-16-30-64)57(79)69-46(36-43-19-9-7-10-20-43)38-76(39-55(68)77)87(85,86)47-28-26-45(63)27-29-47/h7-12,19-22,26-29,40-42,46,48-54H,13-18,23-25,30-39,64-67H2,1-6H3,(H2,68,77)(H,69,79)(H,70,80)(H,71,83)(H,72,82)(H,73,78)(H,74,81)(H,75,84)/t46-,48-,49-,50-,51-,52-,53-,54-/m0/s1. The van der Waals surface area contributed by atoms with Crippen molar-refractivity contribution in [3.8, 4) is 0 Å². The van der Waals surface area contributed by atoms with Crippen LogP contribution < -0.4 is 65.9 Å². The second-order valence-corrected chi connectivity index (χ2v) is 25.5. The Hall–Kier alpha value is -6.90. The first kappa shape index (κ1) is 74.4. The second kappa shape index (κ2) is 39.1. The molecule has 3 aromatic carbocycles. The number of unbranched alkanes of at least 4 members (excludes halogenated alkanes) is 3. The molecular formula is C62H98FN13O10S. The van der Waals surface area contributed by atoms with Gasteiger partial charge in [0.15, 0.2) is 0 Å². The van der Waals surface area contributed by atoms with Crippen molar-refractivity contribution in [1.82, 2.24) is 41.5 Å². The number of carbonyl (C=O) groups is 8. The molecule has 8 amide bonds. The first-order valence-electron chi connectivity index (χ1n) is 30.4. The fourth-order valence-corrected chi connectivity index (χ4v) is 11.2. The lowest BCUT2D eigenvalue weighted by molar-refractivity contribution is -0.136. The summed E-state index contributed by atoms with van der Waals surface area (Å²) in [5.41, 5.74) is 30.9. The van der Waals surface area contributed by atoms with E-state index >= 15 is 0 Å². The zero-order chi connectivity index (χ0) is 64.6. The molecule has 0 radical (unpaired) electrons. The van der Waals surface area contributed by atoms with Gasteiger partial charge in [0.25, 0.3) is 0 Å². The Morgan fingerprint density at radius 1 is 0.460 bits per heavy atom. The Morgan fingerprint density at radius 2 is 0.793 bits per heavy atom. The number of carbonyl (C=O) groups excluding carboxylic acids is 8. The summed E-state index contributed by atoms with van der Waals surface area (Å²) >= 11 is 0. The van der Waals surface area contributed by atoms with Gasteiger partial charge in [0.1, 0.15) is 42.1 Å². The van der Waals surface area contributed by atoms with E-state index < -0.39 is 125 Å². The van der Waals surface area contributed by atoms with E-state index in [0.717, 1.165) is 34.1 Å². The quantitative estimate of drug-likeness (QED) is 0.0362. The first-order chi connectivity index (χ1) is 41.3. The topological polar surface area (TPSA) is 388 Å². The monoisotopic (exact) mass is 1240 g/mol. The number of sulfonamides is 1. The van der Waals surface area contributed by atoms with E-state index in [1.807, 2.05) is 71.9 Å². The molecule has 25 heteroatoms. The van der Waals surface area contributed by atoms with Crippen LogP contribution in [-0.4, -0.2) is 141 Å². The Morgan fingerprint density at radius 3 is 1.15 bits per heavy atom. The Bertz CT molecular complexity index is 2730. The molecule has 0 spiro atoms. The van der Waals surface area contributed by atoms with E-state index in [-0.39, 0.29) is 87.1 Å². The number of amides is 8. The van der Waals surface area contributed by atoms with Gasteiger partial charge in [-0.2, -0.15) is 4.31 Å².